The molecule has 20 heavy (non-hydrogen) atoms. The van der Waals surface area contributed by atoms with E-state index < -0.39 is 5.91 Å². The highest BCUT2D eigenvalue weighted by Gasteiger charge is 2.21. The van der Waals surface area contributed by atoms with Crippen LogP contribution in [-0.4, -0.2) is 48.4 Å². The van der Waals surface area contributed by atoms with Crippen molar-refractivity contribution in [2.75, 3.05) is 26.7 Å². The van der Waals surface area contributed by atoms with Gasteiger partial charge in [0.05, 0.1) is 0 Å². The molecule has 1 aliphatic rings. The second-order valence-electron chi connectivity index (χ2n) is 5.34. The van der Waals surface area contributed by atoms with Crippen LogP contribution in [0.4, 0.5) is 4.39 Å². The first kappa shape index (κ1) is 14.9. The van der Waals surface area contributed by atoms with E-state index in [2.05, 4.69) is 29.2 Å². The lowest BCUT2D eigenvalue weighted by atomic mass is 10.1. The Morgan fingerprint density at radius 2 is 2.25 bits per heavy atom. The number of hydrogen-bond donors (Lipinski definition) is 2. The van der Waals surface area contributed by atoms with Crippen molar-refractivity contribution in [2.24, 2.45) is 5.84 Å². The van der Waals surface area contributed by atoms with E-state index in [0.29, 0.717) is 23.7 Å². The molecular weight excluding hydrogens is 259 g/mol. The molecule has 6 heteroatoms. The Bertz CT molecular complexity index is 494. The number of likely N-dealkylation sites (N-methyl/N-ethyl adjacent to an activating group) is 1. The maximum Gasteiger partial charge on any atom is 0.265 e. The molecule has 1 aliphatic heterocycles. The molecule has 0 saturated carbocycles. The Balaban J connectivity index is 2.10. The molecule has 0 aromatic heterocycles. The molecule has 1 amide bonds. The molecule has 0 radical (unpaired) electrons. The summed E-state index contributed by atoms with van der Waals surface area (Å²) < 4.78 is 13.9. The van der Waals surface area contributed by atoms with Gasteiger partial charge in [-0.1, -0.05) is 0 Å². The number of nitrogen functional groups attached to an aromatic ring is 1. The molecule has 1 unspecified atom stereocenters. The summed E-state index contributed by atoms with van der Waals surface area (Å²) in [7, 11) is 2.09. The zero-order chi connectivity index (χ0) is 14.7. The molecule has 0 aliphatic carbocycles. The van der Waals surface area contributed by atoms with Crippen LogP contribution in [0, 0.1) is 5.82 Å². The highest BCUT2D eigenvalue weighted by Crippen LogP contribution is 2.16. The predicted octanol–water partition coefficient (Wildman–Crippen LogP) is 0.565. The molecule has 1 heterocycles. The van der Waals surface area contributed by atoms with E-state index in [-0.39, 0.29) is 5.82 Å². The Labute approximate surface area is 118 Å². The lowest BCUT2D eigenvalue weighted by molar-refractivity contribution is 0.0950. The van der Waals surface area contributed by atoms with E-state index in [0.717, 1.165) is 19.6 Å². The summed E-state index contributed by atoms with van der Waals surface area (Å²) >= 11 is 0. The van der Waals surface area contributed by atoms with Crippen molar-refractivity contribution in [3.05, 3.63) is 35.1 Å². The highest BCUT2D eigenvalue weighted by atomic mass is 19.1. The number of carbonyl (C=O) groups excluding carboxylic acids is 1. The van der Waals surface area contributed by atoms with Crippen molar-refractivity contribution in [3.63, 3.8) is 0 Å². The van der Waals surface area contributed by atoms with E-state index >= 15 is 0 Å². The summed E-state index contributed by atoms with van der Waals surface area (Å²) in [5, 5.41) is 0. The minimum absolute atomic E-state index is 0.287. The third-order valence-electron chi connectivity index (χ3n) is 3.88. The number of nitrogens with two attached hydrogens (primary N) is 1. The Kier molecular flexibility index (Phi) is 4.69. The molecule has 1 fully saturated rings. The van der Waals surface area contributed by atoms with Crippen molar-refractivity contribution in [3.8, 4) is 0 Å². The van der Waals surface area contributed by atoms with Crippen molar-refractivity contribution in [1.82, 2.24) is 15.2 Å². The van der Waals surface area contributed by atoms with Crippen LogP contribution in [0.15, 0.2) is 18.2 Å². The second kappa shape index (κ2) is 6.30. The van der Waals surface area contributed by atoms with Gasteiger partial charge in [0, 0.05) is 43.3 Å². The van der Waals surface area contributed by atoms with Gasteiger partial charge in [-0.2, -0.15) is 0 Å². The van der Waals surface area contributed by atoms with Gasteiger partial charge in [0.25, 0.3) is 5.91 Å². The minimum Gasteiger partial charge on any atom is -0.301 e. The number of carbonyl (C=O) groups is 1. The maximum absolute atomic E-state index is 13.9. The number of nitrogens with one attached hydrogen (secondary N) is 1. The molecule has 5 nitrogen and oxygen atoms in total. The lowest BCUT2D eigenvalue weighted by Gasteiger charge is -2.37. The standard InChI is InChI=1S/C14H21FN4O/c1-10-8-19(6-5-18(10)2)9-12-7-11(14(20)17-16)3-4-13(12)15/h3-4,7,10H,5-6,8-9,16H2,1-2H3,(H,17,20). The van der Waals surface area contributed by atoms with Gasteiger partial charge in [0.2, 0.25) is 0 Å². The molecule has 0 bridgehead atoms. The molecule has 1 saturated heterocycles. The third-order valence-corrected chi connectivity index (χ3v) is 3.88. The number of halogens is 1. The smallest absolute Gasteiger partial charge is 0.265 e. The zero-order valence-electron chi connectivity index (χ0n) is 11.9. The average Bonchev–Trinajstić information content (AvgIpc) is 2.44. The molecule has 3 N–H and O–H groups in total. The minimum atomic E-state index is -0.405. The summed E-state index contributed by atoms with van der Waals surface area (Å²) in [6, 6.07) is 4.77. The molecule has 0 spiro atoms. The van der Waals surface area contributed by atoms with E-state index in [1.165, 1.54) is 12.1 Å². The number of nitrogens with zero attached hydrogens (tertiary/aromatic N) is 2. The Hall–Kier alpha value is -1.50. The lowest BCUT2D eigenvalue weighted by Crippen LogP contribution is -2.49. The predicted molar refractivity (Wildman–Crippen MR) is 75.4 cm³/mol. The van der Waals surface area contributed by atoms with Crippen LogP contribution in [0.2, 0.25) is 0 Å². The summed E-state index contributed by atoms with van der Waals surface area (Å²) in [5.41, 5.74) is 2.97. The number of benzene rings is 1. The van der Waals surface area contributed by atoms with Crippen LogP contribution in [0.5, 0.6) is 0 Å². The average molecular weight is 280 g/mol. The third kappa shape index (κ3) is 3.33. The molecule has 110 valence electrons. The van der Waals surface area contributed by atoms with Crippen molar-refractivity contribution < 1.29 is 9.18 Å². The summed E-state index contributed by atoms with van der Waals surface area (Å²) in [5.74, 6) is 4.41. The van der Waals surface area contributed by atoms with Gasteiger partial charge in [-0.05, 0) is 32.2 Å². The summed E-state index contributed by atoms with van der Waals surface area (Å²) in [4.78, 5) is 16.0. The van der Waals surface area contributed by atoms with Gasteiger partial charge in [-0.3, -0.25) is 15.1 Å². The molecule has 1 aromatic rings. The topological polar surface area (TPSA) is 61.6 Å². The fraction of sp³-hybridized carbons (Fsp3) is 0.500. The van der Waals surface area contributed by atoms with Crippen molar-refractivity contribution >= 4 is 5.91 Å². The molecule has 1 aromatic carbocycles. The van der Waals surface area contributed by atoms with Gasteiger partial charge >= 0.3 is 0 Å². The summed E-state index contributed by atoms with van der Waals surface area (Å²) in [6.07, 6.45) is 0. The molecule has 2 rings (SSSR count). The SMILES string of the molecule is CC1CN(Cc2cc(C(=O)NN)ccc2F)CCN1C. The van der Waals surface area contributed by atoms with Gasteiger partial charge in [-0.25, -0.2) is 10.2 Å². The molecule has 1 atom stereocenters. The van der Waals surface area contributed by atoms with Crippen LogP contribution in [0.25, 0.3) is 0 Å². The van der Waals surface area contributed by atoms with Gasteiger partial charge < -0.3 is 4.90 Å². The monoisotopic (exact) mass is 280 g/mol. The van der Waals surface area contributed by atoms with Crippen LogP contribution < -0.4 is 11.3 Å². The number of piperazine rings is 1. The van der Waals surface area contributed by atoms with Gasteiger partial charge in [-0.15, -0.1) is 0 Å². The van der Waals surface area contributed by atoms with E-state index in [1.807, 2.05) is 0 Å². The van der Waals surface area contributed by atoms with E-state index in [9.17, 15) is 9.18 Å². The van der Waals surface area contributed by atoms with Crippen LogP contribution in [-0.2, 0) is 6.54 Å². The first-order valence-corrected chi connectivity index (χ1v) is 6.73. The largest absolute Gasteiger partial charge is 0.301 e. The zero-order valence-corrected chi connectivity index (χ0v) is 11.9. The van der Waals surface area contributed by atoms with Crippen LogP contribution in [0.3, 0.4) is 0 Å². The van der Waals surface area contributed by atoms with E-state index in [4.69, 9.17) is 5.84 Å². The van der Waals surface area contributed by atoms with Gasteiger partial charge in [0.15, 0.2) is 0 Å². The number of amides is 1. The van der Waals surface area contributed by atoms with Crippen molar-refractivity contribution in [2.45, 2.75) is 19.5 Å². The fourth-order valence-corrected chi connectivity index (χ4v) is 2.43. The van der Waals surface area contributed by atoms with Gasteiger partial charge in [0.1, 0.15) is 5.82 Å². The number of hydrazine groups is 1. The fourth-order valence-electron chi connectivity index (χ4n) is 2.43. The highest BCUT2D eigenvalue weighted by molar-refractivity contribution is 5.93. The summed E-state index contributed by atoms with van der Waals surface area (Å²) in [6.45, 7) is 5.42. The Morgan fingerprint density at radius 1 is 1.50 bits per heavy atom. The van der Waals surface area contributed by atoms with Crippen molar-refractivity contribution in [1.29, 1.82) is 0 Å². The normalized spacial score (nSPS) is 20.9. The Morgan fingerprint density at radius 3 is 2.90 bits per heavy atom. The first-order valence-electron chi connectivity index (χ1n) is 6.73. The number of hydrogen-bond acceptors (Lipinski definition) is 4. The van der Waals surface area contributed by atoms with Crippen LogP contribution >= 0.6 is 0 Å². The van der Waals surface area contributed by atoms with Crippen LogP contribution in [0.1, 0.15) is 22.8 Å². The number of rotatable bonds is 3. The second-order valence-corrected chi connectivity index (χ2v) is 5.34. The first-order chi connectivity index (χ1) is 9.51. The quantitative estimate of drug-likeness (QED) is 0.483. The van der Waals surface area contributed by atoms with E-state index in [1.54, 1.807) is 6.07 Å². The molecular formula is C14H21FN4O. The maximum atomic E-state index is 13.9.